The van der Waals surface area contributed by atoms with Gasteiger partial charge in [0.05, 0.1) is 11.4 Å². The molecule has 0 fully saturated rings. The Labute approximate surface area is 184 Å². The summed E-state index contributed by atoms with van der Waals surface area (Å²) in [4.78, 5) is 24.6. The van der Waals surface area contributed by atoms with Crippen LogP contribution in [0.3, 0.4) is 0 Å². The van der Waals surface area contributed by atoms with Crippen molar-refractivity contribution in [2.75, 3.05) is 11.6 Å². The van der Waals surface area contributed by atoms with Crippen molar-refractivity contribution in [3.8, 4) is 22.5 Å². The summed E-state index contributed by atoms with van der Waals surface area (Å²) in [5.41, 5.74) is 4.26. The molecule has 2 aromatic carbocycles. The Bertz CT molecular complexity index is 1180. The number of thioether (sulfide) groups is 1. The van der Waals surface area contributed by atoms with Crippen molar-refractivity contribution in [1.29, 1.82) is 0 Å². The molecule has 2 heterocycles. The van der Waals surface area contributed by atoms with E-state index < -0.39 is 0 Å². The number of pyridine rings is 1. The number of halogens is 1. The zero-order valence-electron chi connectivity index (χ0n) is 16.9. The third-order valence-corrected chi connectivity index (χ3v) is 5.37. The molecule has 0 radical (unpaired) electrons. The van der Waals surface area contributed by atoms with Crippen molar-refractivity contribution in [1.82, 2.24) is 15.0 Å². The molecule has 0 saturated heterocycles. The second-order valence-corrected chi connectivity index (χ2v) is 7.74. The fourth-order valence-corrected chi connectivity index (χ4v) is 3.62. The van der Waals surface area contributed by atoms with Crippen LogP contribution in [0, 0.1) is 5.82 Å². The Morgan fingerprint density at radius 3 is 2.58 bits per heavy atom. The fraction of sp³-hybridized carbons (Fsp3) is 0.125. The third kappa shape index (κ3) is 5.19. The fourth-order valence-electron chi connectivity index (χ4n) is 3.24. The monoisotopic (exact) mass is 432 g/mol. The Morgan fingerprint density at radius 1 is 1.06 bits per heavy atom. The molecule has 0 spiro atoms. The SMILES string of the molecule is CSc1nc(-c2ccnc(NC(=O)CCc3ccccc3)c2)c(-c2ccc(F)cc2)[nH]1. The van der Waals surface area contributed by atoms with Crippen molar-refractivity contribution in [2.24, 2.45) is 0 Å². The molecule has 156 valence electrons. The summed E-state index contributed by atoms with van der Waals surface area (Å²) in [7, 11) is 0. The number of aromatic amines is 1. The number of anilines is 1. The van der Waals surface area contributed by atoms with Crippen LogP contribution in [0.5, 0.6) is 0 Å². The Hall–Kier alpha value is -3.45. The lowest BCUT2D eigenvalue weighted by Gasteiger charge is -2.07. The van der Waals surface area contributed by atoms with E-state index in [0.29, 0.717) is 18.7 Å². The average Bonchev–Trinajstić information content (AvgIpc) is 3.24. The van der Waals surface area contributed by atoms with Gasteiger partial charge in [-0.3, -0.25) is 4.79 Å². The number of aryl methyl sites for hydroxylation is 1. The van der Waals surface area contributed by atoms with Gasteiger partial charge in [-0.05, 0) is 54.6 Å². The van der Waals surface area contributed by atoms with Crippen molar-refractivity contribution in [2.45, 2.75) is 18.0 Å². The first-order valence-electron chi connectivity index (χ1n) is 9.82. The number of carbonyl (C=O) groups excluding carboxylic acids is 1. The topological polar surface area (TPSA) is 70.7 Å². The van der Waals surface area contributed by atoms with Gasteiger partial charge in [-0.1, -0.05) is 42.1 Å². The highest BCUT2D eigenvalue weighted by atomic mass is 32.2. The Balaban J connectivity index is 1.55. The van der Waals surface area contributed by atoms with Crippen LogP contribution in [0.4, 0.5) is 10.2 Å². The molecule has 4 rings (SSSR count). The van der Waals surface area contributed by atoms with Gasteiger partial charge in [0.1, 0.15) is 11.6 Å². The molecule has 5 nitrogen and oxygen atoms in total. The first kappa shape index (κ1) is 20.8. The lowest BCUT2D eigenvalue weighted by molar-refractivity contribution is -0.116. The summed E-state index contributed by atoms with van der Waals surface area (Å²) in [5, 5.41) is 3.62. The standard InChI is InChI=1S/C24H21FN4OS/c1-31-24-28-22(17-8-10-19(25)11-9-17)23(29-24)18-13-14-26-20(15-18)27-21(30)12-7-16-5-3-2-4-6-16/h2-6,8-11,13-15H,7,12H2,1H3,(H,28,29)(H,26,27,30). The first-order chi connectivity index (χ1) is 15.1. The Kier molecular flexibility index (Phi) is 6.43. The highest BCUT2D eigenvalue weighted by Crippen LogP contribution is 2.33. The molecule has 0 aliphatic rings. The third-order valence-electron chi connectivity index (χ3n) is 4.79. The van der Waals surface area contributed by atoms with Crippen LogP contribution in [-0.2, 0) is 11.2 Å². The minimum Gasteiger partial charge on any atom is -0.332 e. The summed E-state index contributed by atoms with van der Waals surface area (Å²) in [6, 6.07) is 19.8. The van der Waals surface area contributed by atoms with Crippen LogP contribution in [-0.4, -0.2) is 27.1 Å². The van der Waals surface area contributed by atoms with Crippen LogP contribution in [0.2, 0.25) is 0 Å². The molecule has 0 bridgehead atoms. The number of amides is 1. The highest BCUT2D eigenvalue weighted by Gasteiger charge is 2.15. The molecule has 2 aromatic heterocycles. The molecule has 0 unspecified atom stereocenters. The predicted octanol–water partition coefficient (Wildman–Crippen LogP) is 5.57. The summed E-state index contributed by atoms with van der Waals surface area (Å²) >= 11 is 1.49. The number of aromatic nitrogens is 3. The predicted molar refractivity (Wildman–Crippen MR) is 122 cm³/mol. The van der Waals surface area contributed by atoms with Crippen molar-refractivity contribution in [3.05, 3.63) is 84.3 Å². The largest absolute Gasteiger partial charge is 0.332 e. The number of hydrogen-bond acceptors (Lipinski definition) is 4. The smallest absolute Gasteiger partial charge is 0.225 e. The van der Waals surface area contributed by atoms with Gasteiger partial charge in [0.2, 0.25) is 5.91 Å². The summed E-state index contributed by atoms with van der Waals surface area (Å²) in [6.45, 7) is 0. The maximum atomic E-state index is 13.4. The lowest BCUT2D eigenvalue weighted by Crippen LogP contribution is -2.13. The van der Waals surface area contributed by atoms with E-state index in [9.17, 15) is 9.18 Å². The molecular formula is C24H21FN4OS. The molecular weight excluding hydrogens is 411 g/mol. The summed E-state index contributed by atoms with van der Waals surface area (Å²) in [5.74, 6) is 0.0766. The first-order valence-corrected chi connectivity index (χ1v) is 11.0. The van der Waals surface area contributed by atoms with Gasteiger partial charge in [0, 0.05) is 23.7 Å². The Morgan fingerprint density at radius 2 is 1.84 bits per heavy atom. The molecule has 0 atom stereocenters. The number of rotatable bonds is 7. The van der Waals surface area contributed by atoms with Crippen LogP contribution in [0.15, 0.2) is 78.1 Å². The van der Waals surface area contributed by atoms with Gasteiger partial charge in [0.15, 0.2) is 5.16 Å². The van der Waals surface area contributed by atoms with Crippen molar-refractivity contribution < 1.29 is 9.18 Å². The van der Waals surface area contributed by atoms with Gasteiger partial charge in [-0.15, -0.1) is 0 Å². The van der Waals surface area contributed by atoms with E-state index in [0.717, 1.165) is 33.2 Å². The van der Waals surface area contributed by atoms with Gasteiger partial charge < -0.3 is 10.3 Å². The molecule has 0 aliphatic heterocycles. The lowest BCUT2D eigenvalue weighted by atomic mass is 10.1. The van der Waals surface area contributed by atoms with Crippen molar-refractivity contribution in [3.63, 3.8) is 0 Å². The van der Waals surface area contributed by atoms with E-state index >= 15 is 0 Å². The van der Waals surface area contributed by atoms with Crippen LogP contribution in [0.25, 0.3) is 22.5 Å². The number of nitrogens with zero attached hydrogens (tertiary/aromatic N) is 2. The van der Waals surface area contributed by atoms with Crippen LogP contribution < -0.4 is 5.32 Å². The molecule has 0 saturated carbocycles. The van der Waals surface area contributed by atoms with Gasteiger partial charge in [-0.25, -0.2) is 14.4 Å². The number of imidazole rings is 1. The zero-order valence-corrected chi connectivity index (χ0v) is 17.7. The minimum atomic E-state index is -0.292. The second kappa shape index (κ2) is 9.57. The molecule has 2 N–H and O–H groups in total. The molecule has 7 heteroatoms. The van der Waals surface area contributed by atoms with Gasteiger partial charge in [0.25, 0.3) is 0 Å². The number of nitrogens with one attached hydrogen (secondary N) is 2. The van der Waals surface area contributed by atoms with Crippen LogP contribution in [0.1, 0.15) is 12.0 Å². The number of carbonyl (C=O) groups is 1. The van der Waals surface area contributed by atoms with Crippen LogP contribution >= 0.6 is 11.8 Å². The number of hydrogen-bond donors (Lipinski definition) is 2. The van der Waals surface area contributed by atoms with Gasteiger partial charge >= 0.3 is 0 Å². The normalized spacial score (nSPS) is 10.8. The second-order valence-electron chi connectivity index (χ2n) is 6.94. The maximum Gasteiger partial charge on any atom is 0.225 e. The minimum absolute atomic E-state index is 0.0981. The highest BCUT2D eigenvalue weighted by molar-refractivity contribution is 7.98. The van der Waals surface area contributed by atoms with E-state index in [1.807, 2.05) is 42.7 Å². The number of benzene rings is 2. The average molecular weight is 433 g/mol. The van der Waals surface area contributed by atoms with Crippen molar-refractivity contribution >= 4 is 23.5 Å². The molecule has 4 aromatic rings. The van der Waals surface area contributed by atoms with E-state index in [4.69, 9.17) is 0 Å². The maximum absolute atomic E-state index is 13.4. The van der Waals surface area contributed by atoms with E-state index in [-0.39, 0.29) is 11.7 Å². The summed E-state index contributed by atoms with van der Waals surface area (Å²) < 4.78 is 13.4. The zero-order chi connectivity index (χ0) is 21.6. The summed E-state index contributed by atoms with van der Waals surface area (Å²) in [6.07, 6.45) is 4.61. The van der Waals surface area contributed by atoms with E-state index in [1.165, 1.54) is 23.9 Å². The quantitative estimate of drug-likeness (QED) is 0.375. The van der Waals surface area contributed by atoms with Gasteiger partial charge in [-0.2, -0.15) is 0 Å². The number of H-pyrrole nitrogens is 1. The molecule has 0 aliphatic carbocycles. The molecule has 1 amide bonds. The van der Waals surface area contributed by atoms with E-state index in [1.54, 1.807) is 24.4 Å². The van der Waals surface area contributed by atoms with E-state index in [2.05, 4.69) is 20.3 Å². The molecule has 31 heavy (non-hydrogen) atoms.